The zero-order chi connectivity index (χ0) is 23.1. The molecule has 162 valence electrons. The van der Waals surface area contributed by atoms with Crippen molar-refractivity contribution in [1.82, 2.24) is 4.98 Å². The maximum atomic E-state index is 11.5. The van der Waals surface area contributed by atoms with Crippen molar-refractivity contribution >= 4 is 29.8 Å². The quantitative estimate of drug-likeness (QED) is 0.317. The second-order valence-corrected chi connectivity index (χ2v) is 6.54. The fourth-order valence-corrected chi connectivity index (χ4v) is 2.80. The molecule has 1 heterocycles. The summed E-state index contributed by atoms with van der Waals surface area (Å²) in [6.45, 7) is 0.239. The van der Waals surface area contributed by atoms with Gasteiger partial charge in [0.05, 0.1) is 28.9 Å². The number of pyridine rings is 1. The van der Waals surface area contributed by atoms with E-state index in [1.165, 1.54) is 13.2 Å². The van der Waals surface area contributed by atoms with Crippen LogP contribution in [0.15, 0.2) is 60.8 Å². The molecule has 0 aliphatic heterocycles. The van der Waals surface area contributed by atoms with E-state index in [1.807, 2.05) is 0 Å². The molecule has 2 aromatic carbocycles. The fourth-order valence-electron chi connectivity index (χ4n) is 2.80. The zero-order valence-electron chi connectivity index (χ0n) is 16.9. The maximum Gasteiger partial charge on any atom is 0.338 e. The molecule has 1 N–H and O–H groups in total. The molecule has 0 aliphatic rings. The Morgan fingerprint density at radius 1 is 1.12 bits per heavy atom. The molecule has 0 saturated heterocycles. The molecule has 9 heteroatoms. The molecular weight excluding hydrogens is 416 g/mol. The van der Waals surface area contributed by atoms with Gasteiger partial charge < -0.3 is 14.6 Å². The van der Waals surface area contributed by atoms with Gasteiger partial charge in [-0.1, -0.05) is 30.3 Å². The van der Waals surface area contributed by atoms with Crippen LogP contribution in [0.4, 0.5) is 5.69 Å². The van der Waals surface area contributed by atoms with Gasteiger partial charge in [-0.3, -0.25) is 10.1 Å². The average molecular weight is 434 g/mol. The third kappa shape index (κ3) is 5.33. The Balaban J connectivity index is 1.78. The molecule has 0 unspecified atom stereocenters. The molecule has 0 spiro atoms. The Kier molecular flexibility index (Phi) is 6.92. The molecule has 0 fully saturated rings. The molecule has 1 aromatic heterocycles. The fraction of sp³-hybridized carbons (Fsp3) is 0.0870. The number of ether oxygens (including phenoxy) is 2. The molecule has 3 aromatic rings. The third-order valence-corrected chi connectivity index (χ3v) is 4.45. The predicted octanol–water partition coefficient (Wildman–Crippen LogP) is 4.22. The first kappa shape index (κ1) is 22.2. The number of esters is 1. The lowest BCUT2D eigenvalue weighted by Gasteiger charge is -2.10. The summed E-state index contributed by atoms with van der Waals surface area (Å²) in [5.41, 5.74) is 1.33. The van der Waals surface area contributed by atoms with Crippen LogP contribution in [0.25, 0.3) is 12.2 Å². The number of carbonyl (C=O) groups is 2. The molecule has 0 saturated carbocycles. The van der Waals surface area contributed by atoms with Crippen molar-refractivity contribution in [1.29, 1.82) is 0 Å². The Labute approximate surface area is 182 Å². The van der Waals surface area contributed by atoms with Gasteiger partial charge >= 0.3 is 11.9 Å². The first-order chi connectivity index (χ1) is 15.4. The molecule has 0 aliphatic carbocycles. The summed E-state index contributed by atoms with van der Waals surface area (Å²) in [6.07, 6.45) is 4.09. The van der Waals surface area contributed by atoms with Crippen molar-refractivity contribution in [2.24, 2.45) is 0 Å². The van der Waals surface area contributed by atoms with Gasteiger partial charge in [0, 0.05) is 11.6 Å². The van der Waals surface area contributed by atoms with Crippen LogP contribution in [0, 0.1) is 10.1 Å². The Hall–Kier alpha value is -4.53. The number of rotatable bonds is 8. The van der Waals surface area contributed by atoms with E-state index in [9.17, 15) is 24.8 Å². The smallest absolute Gasteiger partial charge is 0.338 e. The lowest BCUT2D eigenvalue weighted by Crippen LogP contribution is -2.03. The minimum atomic E-state index is -1.32. The lowest BCUT2D eigenvalue weighted by atomic mass is 10.1. The van der Waals surface area contributed by atoms with Crippen LogP contribution in [0.5, 0.6) is 5.75 Å². The number of nitrogens with zero attached hydrogens (tertiary/aromatic N) is 2. The Bertz CT molecular complexity index is 1190. The number of hydrogen-bond donors (Lipinski definition) is 1. The number of aromatic nitrogens is 1. The van der Waals surface area contributed by atoms with Gasteiger partial charge in [0.2, 0.25) is 0 Å². The monoisotopic (exact) mass is 434 g/mol. The van der Waals surface area contributed by atoms with E-state index in [0.29, 0.717) is 16.9 Å². The topological polar surface area (TPSA) is 129 Å². The summed E-state index contributed by atoms with van der Waals surface area (Å²) in [6, 6.07) is 14.9. The van der Waals surface area contributed by atoms with Crippen LogP contribution < -0.4 is 4.74 Å². The van der Waals surface area contributed by atoms with Crippen molar-refractivity contribution in [2.75, 3.05) is 7.11 Å². The van der Waals surface area contributed by atoms with Crippen LogP contribution in [0.2, 0.25) is 0 Å². The Morgan fingerprint density at radius 2 is 1.84 bits per heavy atom. The standard InChI is InChI=1S/C23H18N2O7/c1-31-23(28)17-8-6-15(7-9-17)14-32-21-5-3-2-4-16(21)10-11-20-19(22(26)27)12-18(13-24-20)25(29)30/h2-13H,14H2,1H3,(H,26,27). The summed E-state index contributed by atoms with van der Waals surface area (Å²) in [5.74, 6) is -1.20. The third-order valence-electron chi connectivity index (χ3n) is 4.45. The Morgan fingerprint density at radius 3 is 2.50 bits per heavy atom. The SMILES string of the molecule is COC(=O)c1ccc(COc2ccccc2C=Cc2ncc([N+](=O)[O-])cc2C(=O)O)cc1. The number of hydrogen-bond acceptors (Lipinski definition) is 7. The maximum absolute atomic E-state index is 11.5. The second-order valence-electron chi connectivity index (χ2n) is 6.54. The van der Waals surface area contributed by atoms with Crippen LogP contribution in [-0.2, 0) is 11.3 Å². The highest BCUT2D eigenvalue weighted by molar-refractivity contribution is 5.93. The average Bonchev–Trinajstić information content (AvgIpc) is 2.81. The highest BCUT2D eigenvalue weighted by atomic mass is 16.6. The van der Waals surface area contributed by atoms with Crippen molar-refractivity contribution in [3.8, 4) is 5.75 Å². The van der Waals surface area contributed by atoms with E-state index in [0.717, 1.165) is 17.8 Å². The van der Waals surface area contributed by atoms with E-state index in [-0.39, 0.29) is 17.9 Å². The number of nitro groups is 1. The normalized spacial score (nSPS) is 10.7. The van der Waals surface area contributed by atoms with Crippen LogP contribution in [0.3, 0.4) is 0 Å². The molecule has 32 heavy (non-hydrogen) atoms. The second kappa shape index (κ2) is 9.98. The van der Waals surface area contributed by atoms with Crippen molar-refractivity contribution in [3.63, 3.8) is 0 Å². The van der Waals surface area contributed by atoms with Crippen LogP contribution >= 0.6 is 0 Å². The van der Waals surface area contributed by atoms with Crippen molar-refractivity contribution in [3.05, 3.63) is 98.9 Å². The largest absolute Gasteiger partial charge is 0.488 e. The number of methoxy groups -OCH3 is 1. The zero-order valence-corrected chi connectivity index (χ0v) is 16.9. The summed E-state index contributed by atoms with van der Waals surface area (Å²) < 4.78 is 10.5. The van der Waals surface area contributed by atoms with E-state index in [1.54, 1.807) is 54.6 Å². The number of carboxylic acid groups (broad SMARTS) is 1. The number of aromatic carboxylic acids is 1. The number of carboxylic acids is 1. The van der Waals surface area contributed by atoms with Gasteiger partial charge in [-0.05, 0) is 35.9 Å². The highest BCUT2D eigenvalue weighted by Crippen LogP contribution is 2.23. The molecule has 0 radical (unpaired) electrons. The minimum Gasteiger partial charge on any atom is -0.488 e. The van der Waals surface area contributed by atoms with Gasteiger partial charge in [0.1, 0.15) is 18.6 Å². The number of para-hydroxylation sites is 1. The number of benzene rings is 2. The van der Waals surface area contributed by atoms with Gasteiger partial charge in [-0.2, -0.15) is 0 Å². The van der Waals surface area contributed by atoms with Gasteiger partial charge in [0.25, 0.3) is 5.69 Å². The lowest BCUT2D eigenvalue weighted by molar-refractivity contribution is -0.385. The molecule has 0 bridgehead atoms. The summed E-state index contributed by atoms with van der Waals surface area (Å²) in [4.78, 5) is 37.1. The van der Waals surface area contributed by atoms with E-state index >= 15 is 0 Å². The van der Waals surface area contributed by atoms with Crippen LogP contribution in [-0.4, -0.2) is 34.1 Å². The van der Waals surface area contributed by atoms with E-state index in [2.05, 4.69) is 9.72 Å². The van der Waals surface area contributed by atoms with E-state index in [4.69, 9.17) is 4.74 Å². The molecule has 3 rings (SSSR count). The van der Waals surface area contributed by atoms with Gasteiger partial charge in [-0.25, -0.2) is 14.6 Å². The molecule has 9 nitrogen and oxygen atoms in total. The van der Waals surface area contributed by atoms with Crippen molar-refractivity contribution < 1.29 is 29.1 Å². The summed E-state index contributed by atoms with van der Waals surface area (Å²) in [7, 11) is 1.31. The summed E-state index contributed by atoms with van der Waals surface area (Å²) in [5, 5.41) is 20.2. The molecule has 0 atom stereocenters. The number of carbonyl (C=O) groups excluding carboxylic acids is 1. The first-order valence-corrected chi connectivity index (χ1v) is 9.34. The molecular formula is C23H18N2O7. The molecule has 0 amide bonds. The predicted molar refractivity (Wildman–Crippen MR) is 115 cm³/mol. The van der Waals surface area contributed by atoms with Crippen LogP contribution in [0.1, 0.15) is 37.5 Å². The highest BCUT2D eigenvalue weighted by Gasteiger charge is 2.16. The summed E-state index contributed by atoms with van der Waals surface area (Å²) >= 11 is 0. The van der Waals surface area contributed by atoms with E-state index < -0.39 is 22.5 Å². The van der Waals surface area contributed by atoms with Gasteiger partial charge in [-0.15, -0.1) is 0 Å². The van der Waals surface area contributed by atoms with Gasteiger partial charge in [0.15, 0.2) is 0 Å². The van der Waals surface area contributed by atoms with Crippen molar-refractivity contribution in [2.45, 2.75) is 6.61 Å². The first-order valence-electron chi connectivity index (χ1n) is 9.34. The minimum absolute atomic E-state index is 0.0799.